The molecule has 2 aromatic carbocycles. The van der Waals surface area contributed by atoms with Crippen molar-refractivity contribution in [3.63, 3.8) is 0 Å². The second kappa shape index (κ2) is 10.7. The second-order valence-electron chi connectivity index (χ2n) is 7.61. The molecule has 1 fully saturated rings. The SMILES string of the molecule is COc1c(OC2CCCC2)cccc1C(=NCc1ccccc1)Nc1c(Cl)cncc1Cl. The van der Waals surface area contributed by atoms with Gasteiger partial charge < -0.3 is 14.8 Å². The third-order valence-corrected chi connectivity index (χ3v) is 5.97. The minimum Gasteiger partial charge on any atom is -0.492 e. The summed E-state index contributed by atoms with van der Waals surface area (Å²) in [6.45, 7) is 0.473. The fraction of sp³-hybridized carbons (Fsp3) is 0.280. The van der Waals surface area contributed by atoms with Gasteiger partial charge in [-0.3, -0.25) is 9.98 Å². The van der Waals surface area contributed by atoms with E-state index < -0.39 is 0 Å². The third-order valence-electron chi connectivity index (χ3n) is 5.39. The van der Waals surface area contributed by atoms with Gasteiger partial charge in [0.25, 0.3) is 0 Å². The number of ether oxygens (including phenoxy) is 2. The van der Waals surface area contributed by atoms with E-state index in [-0.39, 0.29) is 6.10 Å². The Labute approximate surface area is 198 Å². The molecule has 1 aliphatic carbocycles. The molecular weight excluding hydrogens is 445 g/mol. The molecule has 0 saturated heterocycles. The van der Waals surface area contributed by atoms with E-state index in [4.69, 9.17) is 37.7 Å². The van der Waals surface area contributed by atoms with E-state index in [9.17, 15) is 0 Å². The molecule has 0 bridgehead atoms. The Morgan fingerprint density at radius 2 is 1.75 bits per heavy atom. The van der Waals surface area contributed by atoms with Gasteiger partial charge in [-0.25, -0.2) is 0 Å². The van der Waals surface area contributed by atoms with Crippen molar-refractivity contribution in [1.29, 1.82) is 0 Å². The Morgan fingerprint density at radius 3 is 2.44 bits per heavy atom. The number of pyridine rings is 1. The molecule has 4 rings (SSSR count). The van der Waals surface area contributed by atoms with Gasteiger partial charge in [0.15, 0.2) is 11.5 Å². The van der Waals surface area contributed by atoms with Gasteiger partial charge in [0.2, 0.25) is 0 Å². The van der Waals surface area contributed by atoms with Crippen LogP contribution in [0.5, 0.6) is 11.5 Å². The molecule has 1 saturated carbocycles. The van der Waals surface area contributed by atoms with E-state index in [0.717, 1.165) is 24.0 Å². The van der Waals surface area contributed by atoms with Gasteiger partial charge in [-0.2, -0.15) is 0 Å². The summed E-state index contributed by atoms with van der Waals surface area (Å²) < 4.78 is 12.1. The fourth-order valence-corrected chi connectivity index (χ4v) is 4.25. The zero-order chi connectivity index (χ0) is 22.3. The minimum atomic E-state index is 0.209. The molecule has 32 heavy (non-hydrogen) atoms. The normalized spacial score (nSPS) is 14.4. The average molecular weight is 470 g/mol. The molecule has 7 heteroatoms. The van der Waals surface area contributed by atoms with Crippen molar-refractivity contribution < 1.29 is 9.47 Å². The van der Waals surface area contributed by atoms with Gasteiger partial charge in [-0.05, 0) is 43.4 Å². The number of halogens is 2. The van der Waals surface area contributed by atoms with Gasteiger partial charge in [-0.15, -0.1) is 0 Å². The van der Waals surface area contributed by atoms with Crippen molar-refractivity contribution in [2.75, 3.05) is 12.4 Å². The highest BCUT2D eigenvalue weighted by molar-refractivity contribution is 6.39. The largest absolute Gasteiger partial charge is 0.492 e. The first-order valence-corrected chi connectivity index (χ1v) is 11.4. The van der Waals surface area contributed by atoms with Crippen molar-refractivity contribution in [2.45, 2.75) is 38.3 Å². The van der Waals surface area contributed by atoms with E-state index in [1.807, 2.05) is 48.5 Å². The van der Waals surface area contributed by atoms with Crippen LogP contribution < -0.4 is 14.8 Å². The number of para-hydroxylation sites is 1. The summed E-state index contributed by atoms with van der Waals surface area (Å²) in [7, 11) is 1.64. The third kappa shape index (κ3) is 5.34. The van der Waals surface area contributed by atoms with Crippen LogP contribution in [-0.4, -0.2) is 24.0 Å². The monoisotopic (exact) mass is 469 g/mol. The summed E-state index contributed by atoms with van der Waals surface area (Å²) in [5.74, 6) is 1.91. The highest BCUT2D eigenvalue weighted by Gasteiger charge is 2.22. The predicted octanol–water partition coefficient (Wildman–Crippen LogP) is 6.78. The summed E-state index contributed by atoms with van der Waals surface area (Å²) in [5, 5.41) is 4.12. The van der Waals surface area contributed by atoms with Gasteiger partial charge in [0, 0.05) is 12.4 Å². The average Bonchev–Trinajstić information content (AvgIpc) is 3.32. The quantitative estimate of drug-likeness (QED) is 0.306. The van der Waals surface area contributed by atoms with Crippen LogP contribution in [0.15, 0.2) is 65.9 Å². The Balaban J connectivity index is 1.73. The Kier molecular flexibility index (Phi) is 7.51. The molecule has 1 N–H and O–H groups in total. The van der Waals surface area contributed by atoms with Crippen LogP contribution in [0, 0.1) is 0 Å². The zero-order valence-electron chi connectivity index (χ0n) is 17.9. The lowest BCUT2D eigenvalue weighted by molar-refractivity contribution is 0.200. The van der Waals surface area contributed by atoms with Gasteiger partial charge >= 0.3 is 0 Å². The lowest BCUT2D eigenvalue weighted by Gasteiger charge is -2.20. The van der Waals surface area contributed by atoms with Crippen molar-refractivity contribution in [2.24, 2.45) is 4.99 Å². The summed E-state index contributed by atoms with van der Waals surface area (Å²) in [5.41, 5.74) is 2.39. The van der Waals surface area contributed by atoms with Crippen LogP contribution in [0.4, 0.5) is 5.69 Å². The number of nitrogens with one attached hydrogen (secondary N) is 1. The van der Waals surface area contributed by atoms with E-state index in [1.165, 1.54) is 12.8 Å². The summed E-state index contributed by atoms with van der Waals surface area (Å²) >= 11 is 12.8. The maximum absolute atomic E-state index is 6.38. The van der Waals surface area contributed by atoms with Crippen molar-refractivity contribution in [3.8, 4) is 11.5 Å². The molecule has 1 aliphatic rings. The summed E-state index contributed by atoms with van der Waals surface area (Å²) in [6.07, 6.45) is 7.80. The number of hydrogen-bond acceptors (Lipinski definition) is 4. The molecule has 0 aliphatic heterocycles. The molecule has 3 aromatic rings. The van der Waals surface area contributed by atoms with Gasteiger partial charge in [0.1, 0.15) is 5.84 Å². The number of hydrogen-bond donors (Lipinski definition) is 1. The number of methoxy groups -OCH3 is 1. The van der Waals surface area contributed by atoms with Crippen LogP contribution in [-0.2, 0) is 6.54 Å². The van der Waals surface area contributed by atoms with E-state index in [2.05, 4.69) is 10.3 Å². The number of amidine groups is 1. The molecule has 0 spiro atoms. The Morgan fingerprint density at radius 1 is 1.03 bits per heavy atom. The molecule has 0 unspecified atom stereocenters. The Hall–Kier alpha value is -2.76. The first kappa shape index (κ1) is 22.4. The number of anilines is 1. The van der Waals surface area contributed by atoms with Crippen molar-refractivity contribution in [1.82, 2.24) is 4.98 Å². The molecule has 1 aromatic heterocycles. The number of benzene rings is 2. The molecule has 1 heterocycles. The number of nitrogens with zero attached hydrogens (tertiary/aromatic N) is 2. The van der Waals surface area contributed by atoms with E-state index in [1.54, 1.807) is 19.5 Å². The lowest BCUT2D eigenvalue weighted by Crippen LogP contribution is -2.18. The smallest absolute Gasteiger partial charge is 0.171 e. The zero-order valence-corrected chi connectivity index (χ0v) is 19.4. The first-order valence-electron chi connectivity index (χ1n) is 10.6. The van der Waals surface area contributed by atoms with Crippen LogP contribution in [0.2, 0.25) is 10.0 Å². The number of aromatic nitrogens is 1. The van der Waals surface area contributed by atoms with Crippen LogP contribution in [0.25, 0.3) is 0 Å². The maximum Gasteiger partial charge on any atom is 0.171 e. The highest BCUT2D eigenvalue weighted by Crippen LogP contribution is 2.36. The summed E-state index contributed by atoms with van der Waals surface area (Å²) in [4.78, 5) is 8.89. The Bertz CT molecular complexity index is 1060. The maximum atomic E-state index is 6.38. The van der Waals surface area contributed by atoms with Gasteiger partial charge in [-0.1, -0.05) is 59.6 Å². The molecule has 0 amide bonds. The fourth-order valence-electron chi connectivity index (χ4n) is 3.79. The molecule has 5 nitrogen and oxygen atoms in total. The topological polar surface area (TPSA) is 55.7 Å². The van der Waals surface area contributed by atoms with E-state index >= 15 is 0 Å². The van der Waals surface area contributed by atoms with E-state index in [0.29, 0.717) is 39.6 Å². The first-order chi connectivity index (χ1) is 15.7. The van der Waals surface area contributed by atoms with Crippen molar-refractivity contribution in [3.05, 3.63) is 82.1 Å². The van der Waals surface area contributed by atoms with Crippen LogP contribution in [0.3, 0.4) is 0 Å². The summed E-state index contributed by atoms with van der Waals surface area (Å²) in [6, 6.07) is 15.8. The minimum absolute atomic E-state index is 0.209. The van der Waals surface area contributed by atoms with Crippen LogP contribution in [0.1, 0.15) is 36.8 Å². The van der Waals surface area contributed by atoms with Gasteiger partial charge in [0.05, 0.1) is 41.1 Å². The van der Waals surface area contributed by atoms with Crippen LogP contribution >= 0.6 is 23.2 Å². The highest BCUT2D eigenvalue weighted by atomic mass is 35.5. The molecule has 0 radical (unpaired) electrons. The molecule has 166 valence electrons. The lowest BCUT2D eigenvalue weighted by atomic mass is 10.1. The number of aliphatic imine (C=N–C) groups is 1. The standard InChI is InChI=1S/C25H25Cl2N3O2/c1-31-24-19(12-7-13-22(24)32-18-10-5-6-11-18)25(29-14-17-8-3-2-4-9-17)30-23-20(26)15-28-16-21(23)27/h2-4,7-9,12-13,15-16,18H,5-6,10-11,14H2,1H3,(H,28,29,30). The molecular formula is C25H25Cl2N3O2. The number of rotatable bonds is 7. The molecule has 0 atom stereocenters. The second-order valence-corrected chi connectivity index (χ2v) is 8.43. The van der Waals surface area contributed by atoms with Crippen molar-refractivity contribution >= 4 is 34.7 Å². The predicted molar refractivity (Wildman–Crippen MR) is 130 cm³/mol.